The highest BCUT2D eigenvalue weighted by Crippen LogP contribution is 2.19. The van der Waals surface area contributed by atoms with Gasteiger partial charge in [0.05, 0.1) is 17.6 Å². The summed E-state index contributed by atoms with van der Waals surface area (Å²) < 4.78 is 8.20. The van der Waals surface area contributed by atoms with Gasteiger partial charge in [-0.25, -0.2) is 4.98 Å². The van der Waals surface area contributed by atoms with Crippen molar-refractivity contribution in [2.45, 2.75) is 26.3 Å². The summed E-state index contributed by atoms with van der Waals surface area (Å²) >= 11 is 0. The second-order valence-corrected chi connectivity index (χ2v) is 7.51. The molecule has 5 nitrogen and oxygen atoms in total. The Bertz CT molecular complexity index is 1150. The summed E-state index contributed by atoms with van der Waals surface area (Å²) in [4.78, 5) is 17.1. The van der Waals surface area contributed by atoms with Gasteiger partial charge in [-0.1, -0.05) is 48.5 Å². The van der Waals surface area contributed by atoms with Gasteiger partial charge in [0.15, 0.2) is 0 Å². The number of amides is 1. The molecule has 0 aliphatic carbocycles. The zero-order valence-electron chi connectivity index (χ0n) is 17.8. The van der Waals surface area contributed by atoms with E-state index in [-0.39, 0.29) is 5.91 Å². The number of fused-ring (bicyclic) bond motifs is 1. The van der Waals surface area contributed by atoms with Crippen LogP contribution in [0.1, 0.15) is 28.2 Å². The maximum atomic E-state index is 12.3. The van der Waals surface area contributed by atoms with Crippen LogP contribution in [0.2, 0.25) is 0 Å². The maximum absolute atomic E-state index is 12.3. The molecular formula is C26H27N3O2. The van der Waals surface area contributed by atoms with Crippen LogP contribution in [-0.2, 0) is 13.0 Å². The number of aryl methyl sites for hydroxylation is 2. The zero-order valence-corrected chi connectivity index (χ0v) is 17.8. The van der Waals surface area contributed by atoms with Crippen LogP contribution in [0.3, 0.4) is 0 Å². The average Bonchev–Trinajstić information content (AvgIpc) is 3.15. The van der Waals surface area contributed by atoms with Gasteiger partial charge in [0.1, 0.15) is 11.6 Å². The first-order valence-electron chi connectivity index (χ1n) is 10.7. The Kier molecular flexibility index (Phi) is 6.62. The van der Waals surface area contributed by atoms with E-state index in [4.69, 9.17) is 9.72 Å². The molecule has 31 heavy (non-hydrogen) atoms. The lowest BCUT2D eigenvalue weighted by Gasteiger charge is -2.12. The SMILES string of the molecule is Cc1ccccc1OCCCn1c(CCNC(=O)c2ccccc2)nc2ccccc21. The van der Waals surface area contributed by atoms with Crippen molar-refractivity contribution in [3.05, 3.63) is 95.8 Å². The molecule has 0 aliphatic rings. The highest BCUT2D eigenvalue weighted by atomic mass is 16.5. The number of aromatic nitrogens is 2. The van der Waals surface area contributed by atoms with Crippen LogP contribution in [0.4, 0.5) is 0 Å². The number of hydrogen-bond donors (Lipinski definition) is 1. The number of para-hydroxylation sites is 3. The molecular weight excluding hydrogens is 386 g/mol. The van der Waals surface area contributed by atoms with Crippen LogP contribution < -0.4 is 10.1 Å². The summed E-state index contributed by atoms with van der Waals surface area (Å²) in [5.74, 6) is 1.85. The van der Waals surface area contributed by atoms with Gasteiger partial charge in [0.2, 0.25) is 0 Å². The molecule has 0 saturated heterocycles. The Hall–Kier alpha value is -3.60. The van der Waals surface area contributed by atoms with Crippen LogP contribution in [0.15, 0.2) is 78.9 Å². The molecule has 3 aromatic carbocycles. The molecule has 1 heterocycles. The van der Waals surface area contributed by atoms with Gasteiger partial charge >= 0.3 is 0 Å². The van der Waals surface area contributed by atoms with E-state index in [1.54, 1.807) is 0 Å². The van der Waals surface area contributed by atoms with Crippen LogP contribution in [0.5, 0.6) is 5.75 Å². The monoisotopic (exact) mass is 413 g/mol. The standard InChI is InChI=1S/C26H27N3O2/c1-20-10-5-8-15-24(20)31-19-9-18-29-23-14-7-6-13-22(23)28-25(29)16-17-27-26(30)21-11-3-2-4-12-21/h2-8,10-15H,9,16-19H2,1H3,(H,27,30). The third kappa shape index (κ3) is 5.12. The van der Waals surface area contributed by atoms with Gasteiger partial charge in [0, 0.05) is 25.1 Å². The lowest BCUT2D eigenvalue weighted by Crippen LogP contribution is -2.26. The Morgan fingerprint density at radius 2 is 1.71 bits per heavy atom. The fourth-order valence-electron chi connectivity index (χ4n) is 3.67. The van der Waals surface area contributed by atoms with Crippen molar-refractivity contribution in [3.8, 4) is 5.75 Å². The summed E-state index contributed by atoms with van der Waals surface area (Å²) in [5, 5.41) is 3.00. The number of nitrogens with one attached hydrogen (secondary N) is 1. The quantitative estimate of drug-likeness (QED) is 0.402. The van der Waals surface area contributed by atoms with Crippen molar-refractivity contribution in [2.24, 2.45) is 0 Å². The Balaban J connectivity index is 1.38. The van der Waals surface area contributed by atoms with E-state index < -0.39 is 0 Å². The lowest BCUT2D eigenvalue weighted by atomic mass is 10.2. The summed E-state index contributed by atoms with van der Waals surface area (Å²) in [5.41, 5.74) is 3.91. The van der Waals surface area contributed by atoms with Gasteiger partial charge in [-0.3, -0.25) is 4.79 Å². The number of ether oxygens (including phenoxy) is 1. The Labute approximate surface area is 182 Å². The third-order valence-corrected chi connectivity index (χ3v) is 5.28. The smallest absolute Gasteiger partial charge is 0.251 e. The summed E-state index contributed by atoms with van der Waals surface area (Å²) in [6, 6.07) is 25.5. The number of nitrogens with zero attached hydrogens (tertiary/aromatic N) is 2. The minimum absolute atomic E-state index is 0.0603. The topological polar surface area (TPSA) is 56.1 Å². The number of carbonyl (C=O) groups is 1. The first-order valence-corrected chi connectivity index (χ1v) is 10.7. The first-order chi connectivity index (χ1) is 15.2. The van der Waals surface area contributed by atoms with Crippen molar-refractivity contribution in [1.29, 1.82) is 0 Å². The van der Waals surface area contributed by atoms with Gasteiger partial charge in [-0.2, -0.15) is 0 Å². The molecule has 4 rings (SSSR count). The number of benzene rings is 3. The third-order valence-electron chi connectivity index (χ3n) is 5.28. The van der Waals surface area contributed by atoms with Gasteiger partial charge in [-0.05, 0) is 49.2 Å². The molecule has 0 spiro atoms. The minimum atomic E-state index is -0.0603. The van der Waals surface area contributed by atoms with E-state index >= 15 is 0 Å². The van der Waals surface area contributed by atoms with Crippen molar-refractivity contribution in [1.82, 2.24) is 14.9 Å². The van der Waals surface area contributed by atoms with Crippen molar-refractivity contribution in [3.63, 3.8) is 0 Å². The number of imidazole rings is 1. The molecule has 158 valence electrons. The van der Waals surface area contributed by atoms with E-state index in [2.05, 4.69) is 28.9 Å². The predicted octanol–water partition coefficient (Wildman–Crippen LogP) is 4.79. The first kappa shape index (κ1) is 20.7. The lowest BCUT2D eigenvalue weighted by molar-refractivity contribution is 0.0954. The van der Waals surface area contributed by atoms with E-state index in [0.29, 0.717) is 25.1 Å². The summed E-state index contributed by atoms with van der Waals surface area (Å²) in [7, 11) is 0. The molecule has 1 amide bonds. The minimum Gasteiger partial charge on any atom is -0.493 e. The van der Waals surface area contributed by atoms with Crippen LogP contribution >= 0.6 is 0 Å². The van der Waals surface area contributed by atoms with Crippen LogP contribution in [0.25, 0.3) is 11.0 Å². The Morgan fingerprint density at radius 3 is 2.55 bits per heavy atom. The van der Waals surface area contributed by atoms with Gasteiger partial charge < -0.3 is 14.6 Å². The normalized spacial score (nSPS) is 10.9. The molecule has 0 bridgehead atoms. The molecule has 4 aromatic rings. The second kappa shape index (κ2) is 9.94. The second-order valence-electron chi connectivity index (χ2n) is 7.51. The van der Waals surface area contributed by atoms with Crippen LogP contribution in [-0.4, -0.2) is 28.6 Å². The van der Waals surface area contributed by atoms with E-state index in [1.165, 1.54) is 0 Å². The maximum Gasteiger partial charge on any atom is 0.251 e. The molecule has 1 N–H and O–H groups in total. The van der Waals surface area contributed by atoms with E-state index in [1.807, 2.05) is 66.7 Å². The van der Waals surface area contributed by atoms with Gasteiger partial charge in [-0.15, -0.1) is 0 Å². The molecule has 0 fully saturated rings. The predicted molar refractivity (Wildman–Crippen MR) is 124 cm³/mol. The van der Waals surface area contributed by atoms with Gasteiger partial charge in [0.25, 0.3) is 5.91 Å². The van der Waals surface area contributed by atoms with Crippen molar-refractivity contribution >= 4 is 16.9 Å². The molecule has 0 saturated carbocycles. The fourth-order valence-corrected chi connectivity index (χ4v) is 3.67. The fraction of sp³-hybridized carbons (Fsp3) is 0.231. The number of carbonyl (C=O) groups excluding carboxylic acids is 1. The Morgan fingerprint density at radius 1 is 0.968 bits per heavy atom. The molecule has 0 unspecified atom stereocenters. The largest absolute Gasteiger partial charge is 0.493 e. The highest BCUT2D eigenvalue weighted by Gasteiger charge is 2.11. The van der Waals surface area contributed by atoms with Crippen LogP contribution in [0, 0.1) is 6.92 Å². The summed E-state index contributed by atoms with van der Waals surface area (Å²) in [6.07, 6.45) is 1.55. The average molecular weight is 414 g/mol. The van der Waals surface area contributed by atoms with Crippen molar-refractivity contribution < 1.29 is 9.53 Å². The zero-order chi connectivity index (χ0) is 21.5. The number of hydrogen-bond acceptors (Lipinski definition) is 3. The van der Waals surface area contributed by atoms with E-state index in [0.717, 1.165) is 41.1 Å². The molecule has 1 aromatic heterocycles. The highest BCUT2D eigenvalue weighted by molar-refractivity contribution is 5.94. The van der Waals surface area contributed by atoms with Crippen molar-refractivity contribution in [2.75, 3.05) is 13.2 Å². The molecule has 0 atom stereocenters. The summed E-state index contributed by atoms with van der Waals surface area (Å²) in [6.45, 7) is 4.05. The molecule has 0 radical (unpaired) electrons. The van der Waals surface area contributed by atoms with E-state index in [9.17, 15) is 4.79 Å². The number of rotatable bonds is 9. The molecule has 0 aliphatic heterocycles. The molecule has 5 heteroatoms.